The van der Waals surface area contributed by atoms with E-state index in [4.69, 9.17) is 14.5 Å². The maximum Gasteiger partial charge on any atom is 0.230 e. The Labute approximate surface area is 161 Å². The molecule has 4 rings (SSSR count). The van der Waals surface area contributed by atoms with E-state index in [9.17, 15) is 0 Å². The molecule has 0 saturated heterocycles. The molecule has 3 aromatic rings. The van der Waals surface area contributed by atoms with Crippen molar-refractivity contribution in [3.8, 4) is 23.1 Å². The lowest BCUT2D eigenvalue weighted by Crippen LogP contribution is -2.20. The lowest BCUT2D eigenvalue weighted by Gasteiger charge is -2.16. The molecule has 0 unspecified atom stereocenters. The van der Waals surface area contributed by atoms with Crippen LogP contribution in [0.1, 0.15) is 17.7 Å². The van der Waals surface area contributed by atoms with Gasteiger partial charge in [0.25, 0.3) is 0 Å². The number of methoxy groups -OCH3 is 1. The average Bonchev–Trinajstić information content (AvgIpc) is 3.22. The average molecular weight is 374 g/mol. The Kier molecular flexibility index (Phi) is 4.99. The minimum atomic E-state index is 0.248. The summed E-state index contributed by atoms with van der Waals surface area (Å²) in [5.41, 5.74) is 4.19. The summed E-state index contributed by atoms with van der Waals surface area (Å²) in [5, 5.41) is 19.2. The number of anilines is 2. The molecule has 0 fully saturated rings. The van der Waals surface area contributed by atoms with Gasteiger partial charge in [0.1, 0.15) is 17.5 Å². The first kappa shape index (κ1) is 17.7. The van der Waals surface area contributed by atoms with Crippen molar-refractivity contribution in [3.05, 3.63) is 54.0 Å². The van der Waals surface area contributed by atoms with Crippen LogP contribution in [0.25, 0.3) is 16.8 Å². The van der Waals surface area contributed by atoms with Crippen LogP contribution in [0.2, 0.25) is 0 Å². The minimum Gasteiger partial charge on any atom is -0.496 e. The molecule has 0 amide bonds. The second-order valence-electron chi connectivity index (χ2n) is 6.20. The first-order valence-corrected chi connectivity index (χ1v) is 8.81. The molecule has 8 nitrogen and oxygen atoms in total. The first-order valence-electron chi connectivity index (χ1n) is 8.81. The number of ether oxygens (including phenoxy) is 1. The van der Waals surface area contributed by atoms with E-state index in [1.165, 1.54) is 18.0 Å². The fourth-order valence-electron chi connectivity index (χ4n) is 3.02. The highest BCUT2D eigenvalue weighted by atomic mass is 16.5. The van der Waals surface area contributed by atoms with E-state index in [0.29, 0.717) is 17.4 Å². The fourth-order valence-corrected chi connectivity index (χ4v) is 3.02. The third kappa shape index (κ3) is 3.70. The van der Waals surface area contributed by atoms with Gasteiger partial charge in [-0.25, -0.2) is 9.97 Å². The molecule has 1 aliphatic rings. The van der Waals surface area contributed by atoms with Crippen molar-refractivity contribution in [3.63, 3.8) is 0 Å². The summed E-state index contributed by atoms with van der Waals surface area (Å²) in [4.78, 5) is 8.07. The quantitative estimate of drug-likeness (QED) is 0.701. The summed E-state index contributed by atoms with van der Waals surface area (Å²) in [6, 6.07) is 9.78. The molecular weight excluding hydrogens is 356 g/mol. The van der Waals surface area contributed by atoms with Crippen molar-refractivity contribution in [2.75, 3.05) is 25.5 Å². The zero-order valence-electron chi connectivity index (χ0n) is 15.3. The smallest absolute Gasteiger partial charge is 0.230 e. The highest BCUT2D eigenvalue weighted by Gasteiger charge is 2.15. The van der Waals surface area contributed by atoms with Gasteiger partial charge in [0, 0.05) is 18.2 Å². The van der Waals surface area contributed by atoms with Gasteiger partial charge >= 0.3 is 0 Å². The molecule has 0 spiro atoms. The van der Waals surface area contributed by atoms with E-state index in [1.807, 2.05) is 18.2 Å². The molecule has 0 bridgehead atoms. The molecule has 8 heteroatoms. The topological polar surface area (TPSA) is 109 Å². The van der Waals surface area contributed by atoms with Crippen LogP contribution in [0.3, 0.4) is 0 Å². The predicted molar refractivity (Wildman–Crippen MR) is 104 cm³/mol. The second kappa shape index (κ2) is 7.90. The number of nitriles is 1. The van der Waals surface area contributed by atoms with Crippen molar-refractivity contribution in [2.24, 2.45) is 0 Å². The molecule has 2 N–H and O–H groups in total. The Morgan fingerprint density at radius 3 is 2.89 bits per heavy atom. The molecule has 3 heterocycles. The number of benzene rings is 1. The van der Waals surface area contributed by atoms with Crippen molar-refractivity contribution < 1.29 is 9.26 Å². The SMILES string of the molecule is COc1cc(C2=CCNCC2)ccc1-c1cc(Nc2cnc(C#N)cn2)on1. The third-order valence-corrected chi connectivity index (χ3v) is 4.44. The first-order chi connectivity index (χ1) is 13.8. The molecule has 0 radical (unpaired) electrons. The number of hydrogen-bond donors (Lipinski definition) is 2. The van der Waals surface area contributed by atoms with Gasteiger partial charge in [0.15, 0.2) is 11.5 Å². The van der Waals surface area contributed by atoms with Crippen LogP contribution in [-0.4, -0.2) is 35.3 Å². The van der Waals surface area contributed by atoms with Gasteiger partial charge in [-0.15, -0.1) is 0 Å². The summed E-state index contributed by atoms with van der Waals surface area (Å²) in [6.45, 7) is 1.86. The van der Waals surface area contributed by atoms with Crippen molar-refractivity contribution in [1.82, 2.24) is 20.4 Å². The Bertz CT molecular complexity index is 1050. The monoisotopic (exact) mass is 374 g/mol. The van der Waals surface area contributed by atoms with Gasteiger partial charge in [0.05, 0.1) is 19.5 Å². The summed E-state index contributed by atoms with van der Waals surface area (Å²) in [5.74, 6) is 1.61. The van der Waals surface area contributed by atoms with Crippen molar-refractivity contribution in [2.45, 2.75) is 6.42 Å². The van der Waals surface area contributed by atoms with E-state index >= 15 is 0 Å². The van der Waals surface area contributed by atoms with Gasteiger partial charge in [-0.1, -0.05) is 17.3 Å². The van der Waals surface area contributed by atoms with Crippen LogP contribution in [0.15, 0.2) is 47.3 Å². The van der Waals surface area contributed by atoms with Crippen LogP contribution >= 0.6 is 0 Å². The molecule has 1 aromatic carbocycles. The molecule has 0 atom stereocenters. The van der Waals surface area contributed by atoms with Gasteiger partial charge in [-0.2, -0.15) is 5.26 Å². The number of rotatable bonds is 5. The summed E-state index contributed by atoms with van der Waals surface area (Å²) < 4.78 is 10.9. The summed E-state index contributed by atoms with van der Waals surface area (Å²) in [7, 11) is 1.64. The van der Waals surface area contributed by atoms with Gasteiger partial charge in [-0.05, 0) is 36.2 Å². The second-order valence-corrected chi connectivity index (χ2v) is 6.20. The van der Waals surface area contributed by atoms with Crippen LogP contribution in [-0.2, 0) is 0 Å². The fraction of sp³-hybridized carbons (Fsp3) is 0.200. The Morgan fingerprint density at radius 1 is 1.25 bits per heavy atom. The largest absolute Gasteiger partial charge is 0.496 e. The lowest BCUT2D eigenvalue weighted by molar-refractivity contribution is 0.413. The predicted octanol–water partition coefficient (Wildman–Crippen LogP) is 3.13. The Balaban J connectivity index is 1.57. The van der Waals surface area contributed by atoms with E-state index in [1.54, 1.807) is 13.2 Å². The Hall–Kier alpha value is -3.70. The zero-order valence-corrected chi connectivity index (χ0v) is 15.3. The zero-order chi connectivity index (χ0) is 19.3. The maximum absolute atomic E-state index is 8.78. The lowest BCUT2D eigenvalue weighted by atomic mass is 9.98. The molecular formula is C20H18N6O2. The van der Waals surface area contributed by atoms with Gasteiger partial charge < -0.3 is 19.9 Å². The van der Waals surface area contributed by atoms with E-state index < -0.39 is 0 Å². The van der Waals surface area contributed by atoms with Crippen LogP contribution in [0.5, 0.6) is 5.75 Å². The van der Waals surface area contributed by atoms with Crippen molar-refractivity contribution in [1.29, 1.82) is 5.26 Å². The molecule has 140 valence electrons. The van der Waals surface area contributed by atoms with E-state index in [0.717, 1.165) is 36.4 Å². The normalized spacial score (nSPS) is 13.5. The van der Waals surface area contributed by atoms with Crippen LogP contribution in [0.4, 0.5) is 11.7 Å². The minimum absolute atomic E-state index is 0.248. The number of hydrogen-bond acceptors (Lipinski definition) is 8. The molecule has 1 aliphatic heterocycles. The summed E-state index contributed by atoms with van der Waals surface area (Å²) >= 11 is 0. The number of nitrogens with zero attached hydrogens (tertiary/aromatic N) is 4. The molecule has 2 aromatic heterocycles. The highest BCUT2D eigenvalue weighted by Crippen LogP contribution is 2.34. The molecule has 28 heavy (non-hydrogen) atoms. The highest BCUT2D eigenvalue weighted by molar-refractivity contribution is 5.75. The van der Waals surface area contributed by atoms with E-state index in [2.05, 4.69) is 37.9 Å². The van der Waals surface area contributed by atoms with Gasteiger partial charge in [-0.3, -0.25) is 0 Å². The number of nitrogens with one attached hydrogen (secondary N) is 2. The molecule has 0 saturated carbocycles. The number of aromatic nitrogens is 3. The maximum atomic E-state index is 8.78. The van der Waals surface area contributed by atoms with Crippen LogP contribution < -0.4 is 15.4 Å². The third-order valence-electron chi connectivity index (χ3n) is 4.44. The summed E-state index contributed by atoms with van der Waals surface area (Å²) in [6.07, 6.45) is 6.04. The van der Waals surface area contributed by atoms with E-state index in [-0.39, 0.29) is 5.69 Å². The molecule has 0 aliphatic carbocycles. The van der Waals surface area contributed by atoms with Gasteiger partial charge in [0.2, 0.25) is 5.88 Å². The standard InChI is InChI=1S/C20H18N6O2/c1-27-18-8-14(13-4-6-22-7-5-13)2-3-16(18)17-9-20(28-26-17)25-19-12-23-15(10-21)11-24-19/h2-4,8-9,11-12,22H,5-7H2,1H3,(H,24,25). The Morgan fingerprint density at radius 2 is 2.18 bits per heavy atom. The van der Waals surface area contributed by atoms with Crippen molar-refractivity contribution >= 4 is 17.3 Å². The van der Waals surface area contributed by atoms with Crippen LogP contribution in [0, 0.1) is 11.3 Å².